The predicted octanol–water partition coefficient (Wildman–Crippen LogP) is 3.68. The minimum Gasteiger partial charge on any atom is -0.508 e. The third-order valence-electron chi connectivity index (χ3n) is 3.40. The van der Waals surface area contributed by atoms with Crippen LogP contribution in [0.15, 0.2) is 48.5 Å². The molecule has 112 valence electrons. The highest BCUT2D eigenvalue weighted by Gasteiger charge is 2.15. The van der Waals surface area contributed by atoms with Crippen LogP contribution in [0.4, 0.5) is 0 Å². The van der Waals surface area contributed by atoms with Crippen LogP contribution in [0.25, 0.3) is 0 Å². The number of hydrogen-bond acceptors (Lipinski definition) is 3. The summed E-state index contributed by atoms with van der Waals surface area (Å²) in [6.07, 6.45) is 0.812. The Kier molecular flexibility index (Phi) is 5.64. The van der Waals surface area contributed by atoms with Gasteiger partial charge in [0.1, 0.15) is 11.5 Å². The molecule has 0 heterocycles. The Bertz CT molecular complexity index is 569. The molecular formula is C18H23NO2. The van der Waals surface area contributed by atoms with Crippen molar-refractivity contribution in [3.8, 4) is 11.5 Å². The summed E-state index contributed by atoms with van der Waals surface area (Å²) >= 11 is 0. The summed E-state index contributed by atoms with van der Waals surface area (Å²) in [6.45, 7) is 5.62. The van der Waals surface area contributed by atoms with Gasteiger partial charge in [0.2, 0.25) is 0 Å². The van der Waals surface area contributed by atoms with Gasteiger partial charge in [-0.2, -0.15) is 0 Å². The van der Waals surface area contributed by atoms with Crippen LogP contribution in [-0.4, -0.2) is 18.3 Å². The number of aromatic hydroxyl groups is 1. The van der Waals surface area contributed by atoms with Gasteiger partial charge in [-0.05, 0) is 43.7 Å². The number of phenolic OH excluding ortho intramolecular Hbond substituents is 1. The summed E-state index contributed by atoms with van der Waals surface area (Å²) in [5.41, 5.74) is 2.26. The standard InChI is InChI=1S/C18H23NO2/c1-3-19-17(13-14-8-7-9-15(20)12-14)16-10-5-6-11-18(16)21-4-2/h5-12,17,19-20H,3-4,13H2,1-2H3. The fourth-order valence-corrected chi connectivity index (χ4v) is 2.51. The maximum absolute atomic E-state index is 9.62. The van der Waals surface area contributed by atoms with E-state index in [1.54, 1.807) is 6.07 Å². The van der Waals surface area contributed by atoms with Crippen molar-refractivity contribution in [3.63, 3.8) is 0 Å². The molecule has 2 N–H and O–H groups in total. The second-order valence-electron chi connectivity index (χ2n) is 4.96. The van der Waals surface area contributed by atoms with Crippen molar-refractivity contribution in [1.82, 2.24) is 5.32 Å². The van der Waals surface area contributed by atoms with Crippen molar-refractivity contribution < 1.29 is 9.84 Å². The SMILES string of the molecule is CCNC(Cc1cccc(O)c1)c1ccccc1OCC. The van der Waals surface area contributed by atoms with Crippen LogP contribution in [0.3, 0.4) is 0 Å². The molecule has 0 saturated heterocycles. The number of ether oxygens (including phenoxy) is 1. The molecule has 0 radical (unpaired) electrons. The van der Waals surface area contributed by atoms with Gasteiger partial charge in [-0.1, -0.05) is 37.3 Å². The lowest BCUT2D eigenvalue weighted by Gasteiger charge is -2.21. The summed E-state index contributed by atoms with van der Waals surface area (Å²) in [7, 11) is 0. The Balaban J connectivity index is 2.26. The van der Waals surface area contributed by atoms with Crippen LogP contribution in [0.2, 0.25) is 0 Å². The van der Waals surface area contributed by atoms with Crippen LogP contribution in [0.5, 0.6) is 11.5 Å². The van der Waals surface area contributed by atoms with Gasteiger partial charge in [0.15, 0.2) is 0 Å². The average Bonchev–Trinajstić information content (AvgIpc) is 2.48. The van der Waals surface area contributed by atoms with E-state index in [9.17, 15) is 5.11 Å². The van der Waals surface area contributed by atoms with E-state index in [4.69, 9.17) is 4.74 Å². The number of likely N-dealkylation sites (N-methyl/N-ethyl adjacent to an activating group) is 1. The first-order chi connectivity index (χ1) is 10.2. The van der Waals surface area contributed by atoms with Crippen LogP contribution in [0.1, 0.15) is 31.0 Å². The molecule has 0 aliphatic carbocycles. The van der Waals surface area contributed by atoms with Crippen molar-refractivity contribution in [2.24, 2.45) is 0 Å². The topological polar surface area (TPSA) is 41.5 Å². The van der Waals surface area contributed by atoms with Gasteiger partial charge < -0.3 is 15.2 Å². The van der Waals surface area contributed by atoms with E-state index in [-0.39, 0.29) is 6.04 Å². The van der Waals surface area contributed by atoms with Crippen LogP contribution >= 0.6 is 0 Å². The van der Waals surface area contributed by atoms with Crippen molar-refractivity contribution in [3.05, 3.63) is 59.7 Å². The molecule has 2 rings (SSSR count). The van der Waals surface area contributed by atoms with Gasteiger partial charge in [-0.3, -0.25) is 0 Å². The first-order valence-corrected chi connectivity index (χ1v) is 7.47. The molecule has 3 heteroatoms. The third-order valence-corrected chi connectivity index (χ3v) is 3.40. The molecule has 0 fully saturated rings. The van der Waals surface area contributed by atoms with Crippen molar-refractivity contribution in [1.29, 1.82) is 0 Å². The molecule has 3 nitrogen and oxygen atoms in total. The van der Waals surface area contributed by atoms with Gasteiger partial charge in [-0.15, -0.1) is 0 Å². The number of hydrogen-bond donors (Lipinski definition) is 2. The molecule has 0 amide bonds. The maximum atomic E-state index is 9.62. The van der Waals surface area contributed by atoms with Gasteiger partial charge in [0.05, 0.1) is 6.61 Å². The van der Waals surface area contributed by atoms with E-state index < -0.39 is 0 Å². The first kappa shape index (κ1) is 15.4. The number of nitrogens with one attached hydrogen (secondary N) is 1. The highest BCUT2D eigenvalue weighted by molar-refractivity contribution is 5.38. The van der Waals surface area contributed by atoms with Gasteiger partial charge in [-0.25, -0.2) is 0 Å². The lowest BCUT2D eigenvalue weighted by Crippen LogP contribution is -2.23. The van der Waals surface area contributed by atoms with E-state index in [1.807, 2.05) is 43.3 Å². The summed E-state index contributed by atoms with van der Waals surface area (Å²) in [5.74, 6) is 1.23. The molecule has 0 aliphatic rings. The molecule has 2 aromatic rings. The minimum absolute atomic E-state index is 0.166. The van der Waals surface area contributed by atoms with Crippen LogP contribution < -0.4 is 10.1 Å². The zero-order chi connectivity index (χ0) is 15.1. The molecule has 1 unspecified atom stereocenters. The zero-order valence-corrected chi connectivity index (χ0v) is 12.7. The molecule has 21 heavy (non-hydrogen) atoms. The molecule has 0 aliphatic heterocycles. The molecular weight excluding hydrogens is 262 g/mol. The summed E-state index contributed by atoms with van der Waals surface area (Å²) in [6, 6.07) is 15.7. The fraction of sp³-hybridized carbons (Fsp3) is 0.333. The number of rotatable bonds is 7. The van der Waals surface area contributed by atoms with E-state index in [0.29, 0.717) is 12.4 Å². The molecule has 0 aromatic heterocycles. The fourth-order valence-electron chi connectivity index (χ4n) is 2.51. The normalized spacial score (nSPS) is 12.1. The number of para-hydroxylation sites is 1. The number of phenols is 1. The molecule has 0 saturated carbocycles. The highest BCUT2D eigenvalue weighted by atomic mass is 16.5. The summed E-state index contributed by atoms with van der Waals surface area (Å²) < 4.78 is 5.74. The molecule has 0 spiro atoms. The average molecular weight is 285 g/mol. The Labute approximate surface area is 126 Å². The van der Waals surface area contributed by atoms with E-state index in [0.717, 1.165) is 29.8 Å². The zero-order valence-electron chi connectivity index (χ0n) is 12.7. The Morgan fingerprint density at radius 2 is 1.90 bits per heavy atom. The second kappa shape index (κ2) is 7.70. The lowest BCUT2D eigenvalue weighted by atomic mass is 9.98. The summed E-state index contributed by atoms with van der Waals surface area (Å²) in [5, 5.41) is 13.1. The van der Waals surface area contributed by atoms with Crippen molar-refractivity contribution in [2.45, 2.75) is 26.3 Å². The molecule has 0 bridgehead atoms. The monoisotopic (exact) mass is 285 g/mol. The second-order valence-corrected chi connectivity index (χ2v) is 4.96. The van der Waals surface area contributed by atoms with Crippen molar-refractivity contribution in [2.75, 3.05) is 13.2 Å². The smallest absolute Gasteiger partial charge is 0.124 e. The Morgan fingerprint density at radius 3 is 2.62 bits per heavy atom. The van der Waals surface area contributed by atoms with E-state index in [1.165, 1.54) is 0 Å². The number of benzene rings is 2. The van der Waals surface area contributed by atoms with Gasteiger partial charge in [0.25, 0.3) is 0 Å². The van der Waals surface area contributed by atoms with E-state index >= 15 is 0 Å². The summed E-state index contributed by atoms with van der Waals surface area (Å²) in [4.78, 5) is 0. The molecule has 2 aromatic carbocycles. The first-order valence-electron chi connectivity index (χ1n) is 7.47. The van der Waals surface area contributed by atoms with Crippen LogP contribution in [0, 0.1) is 0 Å². The quantitative estimate of drug-likeness (QED) is 0.815. The minimum atomic E-state index is 0.166. The largest absolute Gasteiger partial charge is 0.508 e. The van der Waals surface area contributed by atoms with Gasteiger partial charge >= 0.3 is 0 Å². The highest BCUT2D eigenvalue weighted by Crippen LogP contribution is 2.28. The Hall–Kier alpha value is -2.00. The van der Waals surface area contributed by atoms with Crippen LogP contribution in [-0.2, 0) is 6.42 Å². The Morgan fingerprint density at radius 1 is 1.10 bits per heavy atom. The lowest BCUT2D eigenvalue weighted by molar-refractivity contribution is 0.331. The van der Waals surface area contributed by atoms with Crippen molar-refractivity contribution >= 4 is 0 Å². The van der Waals surface area contributed by atoms with E-state index in [2.05, 4.69) is 18.3 Å². The third kappa shape index (κ3) is 4.23. The predicted molar refractivity (Wildman–Crippen MR) is 85.8 cm³/mol. The molecule has 1 atom stereocenters. The maximum Gasteiger partial charge on any atom is 0.124 e. The van der Waals surface area contributed by atoms with Gasteiger partial charge in [0, 0.05) is 11.6 Å².